The maximum Gasteiger partial charge on any atom is 0.335 e. The minimum atomic E-state index is -1.16. The van der Waals surface area contributed by atoms with Crippen LogP contribution in [-0.4, -0.2) is 51.0 Å². The number of allylic oxidation sites excluding steroid dienone is 1. The van der Waals surface area contributed by atoms with Gasteiger partial charge in [0.2, 0.25) is 5.91 Å². The number of aromatic amines is 1. The maximum absolute atomic E-state index is 13.2. The third-order valence-electron chi connectivity index (χ3n) is 8.40. The largest absolute Gasteiger partial charge is 0.478 e. The van der Waals surface area contributed by atoms with E-state index in [9.17, 15) is 24.3 Å². The van der Waals surface area contributed by atoms with Crippen LogP contribution >= 0.6 is 0 Å². The summed E-state index contributed by atoms with van der Waals surface area (Å²) in [4.78, 5) is 56.9. The maximum atomic E-state index is 13.2. The molecule has 56 heavy (non-hydrogen) atoms. The number of carboxylic acids is 1. The minimum absolute atomic E-state index is 0.00138. The fraction of sp³-hybridized carbons (Fsp3) is 0.311. The van der Waals surface area contributed by atoms with Gasteiger partial charge in [0.1, 0.15) is 5.60 Å². The molecule has 1 heterocycles. The number of carbonyl (C=O) groups is 4. The first-order chi connectivity index (χ1) is 26.3. The van der Waals surface area contributed by atoms with Crippen LogP contribution in [-0.2, 0) is 27.2 Å². The second-order valence-corrected chi connectivity index (χ2v) is 16.0. The zero-order valence-electron chi connectivity index (χ0n) is 33.2. The highest BCUT2D eigenvalue weighted by Gasteiger charge is 2.25. The lowest BCUT2D eigenvalue weighted by Gasteiger charge is -2.21. The quantitative estimate of drug-likeness (QED) is 0.0621. The molecule has 5 rings (SSSR count). The van der Waals surface area contributed by atoms with E-state index in [2.05, 4.69) is 20.6 Å². The topological polar surface area (TPSA) is 176 Å². The molecule has 0 saturated heterocycles. The molecule has 0 aliphatic carbocycles. The molecular formula is C45H53N5O6. The molecule has 1 atom stereocenters. The van der Waals surface area contributed by atoms with Gasteiger partial charge in [0.15, 0.2) is 5.95 Å². The molecule has 0 saturated carbocycles. The molecular weight excluding hydrogens is 707 g/mol. The van der Waals surface area contributed by atoms with Crippen molar-refractivity contribution in [1.29, 1.82) is 0 Å². The molecule has 4 aromatic carbocycles. The monoisotopic (exact) mass is 759 g/mol. The second kappa shape index (κ2) is 18.9. The van der Waals surface area contributed by atoms with E-state index >= 15 is 0 Å². The van der Waals surface area contributed by atoms with Crippen molar-refractivity contribution in [2.75, 3.05) is 17.6 Å². The van der Waals surface area contributed by atoms with Crippen LogP contribution < -0.4 is 16.4 Å². The molecule has 294 valence electrons. The molecule has 0 aliphatic rings. The van der Waals surface area contributed by atoms with Crippen molar-refractivity contribution in [1.82, 2.24) is 15.3 Å². The molecule has 0 fully saturated rings. The summed E-state index contributed by atoms with van der Waals surface area (Å²) in [7, 11) is 0. The van der Waals surface area contributed by atoms with Crippen molar-refractivity contribution in [3.05, 3.63) is 137 Å². The zero-order chi connectivity index (χ0) is 41.0. The highest BCUT2D eigenvalue weighted by molar-refractivity contribution is 5.99. The Kier molecular flexibility index (Phi) is 14.3. The van der Waals surface area contributed by atoms with Gasteiger partial charge in [0, 0.05) is 30.3 Å². The van der Waals surface area contributed by atoms with E-state index in [1.165, 1.54) is 11.6 Å². The number of imidazole rings is 1. The standard InChI is InChI=1S/C30H33N5O4.C15H20O2/c1-30(2,3)17-32-27(37)19-9-11-22(23(14-19)28(38)39)20(13-18-7-5-4-6-8-18)15-26(36)33-21-10-12-24-25(16-21)35-29(31)34-24;1-12(10-13-8-6-5-7-9-13)11-14(16)17-15(2,3)4/h4-12,14,16,20H,13,15,17H2,1-3H3,(H,32,37)(H,33,36)(H,38,39)(H3,31,34,35);5-9,11H,10H2,1-4H3/b;12-11-. The van der Waals surface area contributed by atoms with Gasteiger partial charge in [0.25, 0.3) is 5.91 Å². The number of amides is 2. The normalized spacial score (nSPS) is 12.2. The highest BCUT2D eigenvalue weighted by atomic mass is 16.6. The van der Waals surface area contributed by atoms with Crippen molar-refractivity contribution in [3.8, 4) is 0 Å². The van der Waals surface area contributed by atoms with E-state index in [1.807, 2.05) is 109 Å². The summed E-state index contributed by atoms with van der Waals surface area (Å²) < 4.78 is 5.23. The number of nitrogen functional groups attached to an aromatic ring is 1. The van der Waals surface area contributed by atoms with Gasteiger partial charge >= 0.3 is 11.9 Å². The Bertz CT molecular complexity index is 2160. The number of H-pyrrole nitrogens is 1. The van der Waals surface area contributed by atoms with Gasteiger partial charge in [-0.2, -0.15) is 0 Å². The lowest BCUT2D eigenvalue weighted by Crippen LogP contribution is -2.32. The van der Waals surface area contributed by atoms with Crippen LogP contribution in [0, 0.1) is 5.41 Å². The Labute approximate surface area is 328 Å². The third-order valence-corrected chi connectivity index (χ3v) is 8.40. The SMILES string of the molecule is C/C(=C/C(=O)OC(C)(C)C)Cc1ccccc1.CC(C)(C)CNC(=O)c1ccc(C(CC(=O)Nc2ccc3nc(N)[nH]c3c2)Cc2ccccc2)c(C(=O)O)c1. The molecule has 11 nitrogen and oxygen atoms in total. The lowest BCUT2D eigenvalue weighted by atomic mass is 9.85. The molecule has 0 radical (unpaired) electrons. The molecule has 5 aromatic rings. The number of carboxylic acid groups (broad SMARTS) is 1. The van der Waals surface area contributed by atoms with Crippen molar-refractivity contribution >= 4 is 46.4 Å². The summed E-state index contributed by atoms with van der Waals surface area (Å²) in [6.07, 6.45) is 2.83. The molecule has 2 amide bonds. The third kappa shape index (κ3) is 13.9. The van der Waals surface area contributed by atoms with E-state index in [0.717, 1.165) is 17.6 Å². The number of aromatic nitrogens is 2. The number of benzene rings is 4. The van der Waals surface area contributed by atoms with Gasteiger partial charge in [-0.15, -0.1) is 0 Å². The lowest BCUT2D eigenvalue weighted by molar-refractivity contribution is -0.148. The van der Waals surface area contributed by atoms with E-state index in [-0.39, 0.29) is 46.7 Å². The first-order valence-corrected chi connectivity index (χ1v) is 18.5. The van der Waals surface area contributed by atoms with E-state index in [0.29, 0.717) is 35.2 Å². The summed E-state index contributed by atoms with van der Waals surface area (Å²) in [5.41, 5.74) is 11.0. The van der Waals surface area contributed by atoms with Crippen molar-refractivity contribution < 1.29 is 29.0 Å². The number of anilines is 2. The summed E-state index contributed by atoms with van der Waals surface area (Å²) in [6, 6.07) is 29.6. The predicted molar refractivity (Wildman–Crippen MR) is 222 cm³/mol. The number of hydrogen-bond donors (Lipinski definition) is 5. The number of carbonyl (C=O) groups excluding carboxylic acids is 3. The predicted octanol–water partition coefficient (Wildman–Crippen LogP) is 8.49. The number of esters is 1. The van der Waals surface area contributed by atoms with Gasteiger partial charge in [-0.25, -0.2) is 14.6 Å². The summed E-state index contributed by atoms with van der Waals surface area (Å²) >= 11 is 0. The molecule has 11 heteroatoms. The summed E-state index contributed by atoms with van der Waals surface area (Å²) in [5.74, 6) is -2.20. The van der Waals surface area contributed by atoms with Crippen LogP contribution in [0.1, 0.15) is 98.2 Å². The second-order valence-electron chi connectivity index (χ2n) is 16.0. The molecule has 0 aliphatic heterocycles. The van der Waals surface area contributed by atoms with Gasteiger partial charge in [-0.3, -0.25) is 9.59 Å². The van der Waals surface area contributed by atoms with Crippen LogP contribution in [0.4, 0.5) is 11.6 Å². The van der Waals surface area contributed by atoms with E-state index < -0.39 is 17.5 Å². The Morgan fingerprint density at radius 3 is 2.12 bits per heavy atom. The van der Waals surface area contributed by atoms with Crippen molar-refractivity contribution in [2.45, 2.75) is 79.2 Å². The molecule has 1 aromatic heterocycles. The molecule has 1 unspecified atom stereocenters. The van der Waals surface area contributed by atoms with Gasteiger partial charge < -0.3 is 31.2 Å². The number of ether oxygens (including phenoxy) is 1. The zero-order valence-corrected chi connectivity index (χ0v) is 33.2. The van der Waals surface area contributed by atoms with Crippen molar-refractivity contribution in [3.63, 3.8) is 0 Å². The van der Waals surface area contributed by atoms with Crippen LogP contribution in [0.25, 0.3) is 11.0 Å². The minimum Gasteiger partial charge on any atom is -0.478 e. The molecule has 0 spiro atoms. The summed E-state index contributed by atoms with van der Waals surface area (Å²) in [5, 5.41) is 15.8. The van der Waals surface area contributed by atoms with Crippen LogP contribution in [0.5, 0.6) is 0 Å². The summed E-state index contributed by atoms with van der Waals surface area (Å²) in [6.45, 7) is 14.0. The van der Waals surface area contributed by atoms with Crippen LogP contribution in [0.3, 0.4) is 0 Å². The number of nitrogens with one attached hydrogen (secondary N) is 3. The van der Waals surface area contributed by atoms with Crippen molar-refractivity contribution in [2.24, 2.45) is 5.41 Å². The first kappa shape index (κ1) is 42.5. The van der Waals surface area contributed by atoms with Gasteiger partial charge in [0.05, 0.1) is 16.6 Å². The Hall–Kier alpha value is -6.23. The van der Waals surface area contributed by atoms with Crippen LogP contribution in [0.15, 0.2) is 109 Å². The number of aromatic carboxylic acids is 1. The first-order valence-electron chi connectivity index (χ1n) is 18.5. The van der Waals surface area contributed by atoms with Gasteiger partial charge in [-0.1, -0.05) is 93.1 Å². The Balaban J connectivity index is 0.000000343. The van der Waals surface area contributed by atoms with Crippen LogP contribution in [0.2, 0.25) is 0 Å². The fourth-order valence-corrected chi connectivity index (χ4v) is 5.92. The fourth-order valence-electron chi connectivity index (χ4n) is 5.92. The number of hydrogen-bond acceptors (Lipinski definition) is 7. The Morgan fingerprint density at radius 2 is 1.52 bits per heavy atom. The smallest absolute Gasteiger partial charge is 0.335 e. The number of fused-ring (bicyclic) bond motifs is 1. The average molecular weight is 760 g/mol. The molecule has 0 bridgehead atoms. The number of nitrogens with zero attached hydrogens (tertiary/aromatic N) is 1. The average Bonchev–Trinajstić information content (AvgIpc) is 3.49. The van der Waals surface area contributed by atoms with E-state index in [4.69, 9.17) is 10.5 Å². The van der Waals surface area contributed by atoms with E-state index in [1.54, 1.807) is 36.4 Å². The molecule has 6 N–H and O–H groups in total. The number of rotatable bonds is 12. The highest BCUT2D eigenvalue weighted by Crippen LogP contribution is 2.30. The number of nitrogens with two attached hydrogens (primary N) is 1. The Morgan fingerprint density at radius 1 is 0.875 bits per heavy atom. The van der Waals surface area contributed by atoms with Gasteiger partial charge in [-0.05, 0) is 98.9 Å².